The van der Waals surface area contributed by atoms with Gasteiger partial charge in [0.25, 0.3) is 0 Å². The molecule has 94 valence electrons. The number of hydrogen-bond acceptors (Lipinski definition) is 3. The van der Waals surface area contributed by atoms with E-state index in [9.17, 15) is 0 Å². The minimum atomic E-state index is 0.818. The molecule has 0 aromatic rings. The van der Waals surface area contributed by atoms with E-state index < -0.39 is 0 Å². The first-order valence-corrected chi connectivity index (χ1v) is 7.33. The molecule has 16 heavy (non-hydrogen) atoms. The second-order valence-corrected chi connectivity index (χ2v) is 5.00. The summed E-state index contributed by atoms with van der Waals surface area (Å²) in [7, 11) is 0. The predicted molar refractivity (Wildman–Crippen MR) is 78.0 cm³/mol. The Bertz CT molecular complexity index is 203. The lowest BCUT2D eigenvalue weighted by molar-refractivity contribution is 0.243. The van der Waals surface area contributed by atoms with Gasteiger partial charge in [0.15, 0.2) is 0 Å². The summed E-state index contributed by atoms with van der Waals surface area (Å²) in [6.45, 7) is 9.20. The molecular weight excluding hydrogens is 238 g/mol. The molecule has 0 aromatic heterocycles. The number of nitrogens with zero attached hydrogens (tertiary/aromatic N) is 1. The lowest BCUT2D eigenvalue weighted by Crippen LogP contribution is -2.26. The van der Waals surface area contributed by atoms with Gasteiger partial charge in [0.2, 0.25) is 0 Å². The summed E-state index contributed by atoms with van der Waals surface area (Å²) in [5.41, 5.74) is 0. The molecular formula is C12H23NOS2. The summed E-state index contributed by atoms with van der Waals surface area (Å²) < 4.78 is 6.29. The fourth-order valence-electron chi connectivity index (χ4n) is 1.10. The molecule has 0 saturated carbocycles. The van der Waals surface area contributed by atoms with E-state index in [1.54, 1.807) is 18.0 Å². The molecule has 0 bridgehead atoms. The maximum atomic E-state index is 5.32. The SMILES string of the molecule is CCCCO/C=C/CSC(=S)N(CC)CC. The molecule has 0 aliphatic rings. The lowest BCUT2D eigenvalue weighted by atomic mass is 10.4. The quantitative estimate of drug-likeness (QED) is 0.375. The van der Waals surface area contributed by atoms with E-state index in [-0.39, 0.29) is 0 Å². The third-order valence-electron chi connectivity index (χ3n) is 2.13. The van der Waals surface area contributed by atoms with Gasteiger partial charge in [0, 0.05) is 18.8 Å². The number of ether oxygens (including phenoxy) is 1. The standard InChI is InChI=1S/C12H23NOS2/c1-4-7-9-14-10-8-11-16-12(15)13(5-2)6-3/h8,10H,4-7,9,11H2,1-3H3/b10-8+. The fourth-order valence-corrected chi connectivity index (χ4v) is 2.32. The van der Waals surface area contributed by atoms with Gasteiger partial charge in [0.05, 0.1) is 12.9 Å². The van der Waals surface area contributed by atoms with Crippen LogP contribution in [-0.2, 0) is 4.74 Å². The Morgan fingerprint density at radius 2 is 2.00 bits per heavy atom. The van der Waals surface area contributed by atoms with Gasteiger partial charge in [-0.05, 0) is 26.3 Å². The molecule has 0 aliphatic carbocycles. The Labute approximate surface area is 109 Å². The molecule has 0 aromatic carbocycles. The van der Waals surface area contributed by atoms with Crippen molar-refractivity contribution in [2.24, 2.45) is 0 Å². The first-order chi connectivity index (χ1) is 7.76. The molecule has 0 aliphatic heterocycles. The number of thioether (sulfide) groups is 1. The van der Waals surface area contributed by atoms with Crippen LogP contribution in [0.25, 0.3) is 0 Å². The molecule has 2 nitrogen and oxygen atoms in total. The van der Waals surface area contributed by atoms with Gasteiger partial charge >= 0.3 is 0 Å². The number of unbranched alkanes of at least 4 members (excludes halogenated alkanes) is 1. The molecule has 0 saturated heterocycles. The van der Waals surface area contributed by atoms with Gasteiger partial charge in [-0.25, -0.2) is 0 Å². The zero-order valence-corrected chi connectivity index (χ0v) is 12.2. The van der Waals surface area contributed by atoms with Gasteiger partial charge in [-0.2, -0.15) is 0 Å². The fraction of sp³-hybridized carbons (Fsp3) is 0.750. The Morgan fingerprint density at radius 3 is 2.56 bits per heavy atom. The van der Waals surface area contributed by atoms with Crippen molar-refractivity contribution in [1.29, 1.82) is 0 Å². The third-order valence-corrected chi connectivity index (χ3v) is 3.61. The summed E-state index contributed by atoms with van der Waals surface area (Å²) in [5.74, 6) is 0.890. The Kier molecular flexibility index (Phi) is 11.1. The molecule has 0 unspecified atom stereocenters. The van der Waals surface area contributed by atoms with Crippen LogP contribution in [0, 0.1) is 0 Å². The molecule has 0 radical (unpaired) electrons. The van der Waals surface area contributed by atoms with Crippen LogP contribution in [-0.4, -0.2) is 34.7 Å². The van der Waals surface area contributed by atoms with E-state index in [1.807, 2.05) is 6.08 Å². The first-order valence-electron chi connectivity index (χ1n) is 5.94. The average molecular weight is 261 g/mol. The third kappa shape index (κ3) is 7.99. The van der Waals surface area contributed by atoms with Crippen molar-refractivity contribution in [3.8, 4) is 0 Å². The topological polar surface area (TPSA) is 12.5 Å². The molecule has 0 atom stereocenters. The molecule has 0 rings (SSSR count). The van der Waals surface area contributed by atoms with E-state index in [0.717, 1.165) is 36.2 Å². The highest BCUT2D eigenvalue weighted by molar-refractivity contribution is 8.23. The van der Waals surface area contributed by atoms with Gasteiger partial charge < -0.3 is 9.64 Å². The summed E-state index contributed by atoms with van der Waals surface area (Å²) >= 11 is 7.00. The van der Waals surface area contributed by atoms with E-state index >= 15 is 0 Å². The Balaban J connectivity index is 3.53. The van der Waals surface area contributed by atoms with Gasteiger partial charge in [-0.3, -0.25) is 0 Å². The van der Waals surface area contributed by atoms with Crippen LogP contribution in [0.15, 0.2) is 12.3 Å². The highest BCUT2D eigenvalue weighted by Gasteiger charge is 2.03. The monoisotopic (exact) mass is 261 g/mol. The van der Waals surface area contributed by atoms with E-state index in [0.29, 0.717) is 0 Å². The Hall–Kier alpha value is -0.220. The highest BCUT2D eigenvalue weighted by Crippen LogP contribution is 2.09. The summed E-state index contributed by atoms with van der Waals surface area (Å²) in [6.07, 6.45) is 6.10. The Morgan fingerprint density at radius 1 is 1.31 bits per heavy atom. The zero-order chi connectivity index (χ0) is 12.2. The van der Waals surface area contributed by atoms with Crippen molar-refractivity contribution in [2.75, 3.05) is 25.4 Å². The smallest absolute Gasteiger partial charge is 0.136 e. The molecule has 0 N–H and O–H groups in total. The van der Waals surface area contributed by atoms with Crippen molar-refractivity contribution >= 4 is 28.3 Å². The lowest BCUT2D eigenvalue weighted by Gasteiger charge is -2.20. The number of rotatable bonds is 8. The number of thiocarbonyl (C=S) groups is 1. The minimum Gasteiger partial charge on any atom is -0.502 e. The second kappa shape index (κ2) is 11.3. The average Bonchev–Trinajstić information content (AvgIpc) is 2.29. The van der Waals surface area contributed by atoms with Crippen LogP contribution < -0.4 is 0 Å². The van der Waals surface area contributed by atoms with Crippen LogP contribution in [0.5, 0.6) is 0 Å². The van der Waals surface area contributed by atoms with Crippen molar-refractivity contribution in [3.63, 3.8) is 0 Å². The van der Waals surface area contributed by atoms with Crippen molar-refractivity contribution in [2.45, 2.75) is 33.6 Å². The van der Waals surface area contributed by atoms with Crippen molar-refractivity contribution < 1.29 is 4.74 Å². The summed E-state index contributed by atoms with van der Waals surface area (Å²) in [5, 5.41) is 0. The van der Waals surface area contributed by atoms with Crippen LogP contribution in [0.3, 0.4) is 0 Å². The van der Waals surface area contributed by atoms with E-state index in [1.165, 1.54) is 6.42 Å². The first kappa shape index (κ1) is 15.8. The minimum absolute atomic E-state index is 0.818. The summed E-state index contributed by atoms with van der Waals surface area (Å²) in [6, 6.07) is 0. The second-order valence-electron chi connectivity index (χ2n) is 3.35. The van der Waals surface area contributed by atoms with Gasteiger partial charge in [-0.1, -0.05) is 37.3 Å². The van der Waals surface area contributed by atoms with Gasteiger partial charge in [-0.15, -0.1) is 0 Å². The van der Waals surface area contributed by atoms with Crippen LogP contribution >= 0.6 is 24.0 Å². The van der Waals surface area contributed by atoms with E-state index in [2.05, 4.69) is 25.7 Å². The summed E-state index contributed by atoms with van der Waals surface area (Å²) in [4.78, 5) is 2.19. The van der Waals surface area contributed by atoms with Crippen molar-refractivity contribution in [1.82, 2.24) is 4.90 Å². The van der Waals surface area contributed by atoms with E-state index in [4.69, 9.17) is 17.0 Å². The molecule has 0 amide bonds. The number of hydrogen-bond donors (Lipinski definition) is 0. The normalized spacial score (nSPS) is 10.7. The molecule has 0 heterocycles. The molecule has 0 spiro atoms. The van der Waals surface area contributed by atoms with Crippen molar-refractivity contribution in [3.05, 3.63) is 12.3 Å². The van der Waals surface area contributed by atoms with Crippen LogP contribution in [0.1, 0.15) is 33.6 Å². The highest BCUT2D eigenvalue weighted by atomic mass is 32.2. The maximum absolute atomic E-state index is 5.32. The van der Waals surface area contributed by atoms with Gasteiger partial charge in [0.1, 0.15) is 4.32 Å². The predicted octanol–water partition coefficient (Wildman–Crippen LogP) is 3.68. The molecule has 0 fully saturated rings. The zero-order valence-electron chi connectivity index (χ0n) is 10.6. The molecule has 4 heteroatoms. The largest absolute Gasteiger partial charge is 0.502 e. The maximum Gasteiger partial charge on any atom is 0.136 e. The van der Waals surface area contributed by atoms with Crippen LogP contribution in [0.2, 0.25) is 0 Å². The van der Waals surface area contributed by atoms with Crippen LogP contribution in [0.4, 0.5) is 0 Å².